The third-order valence-electron chi connectivity index (χ3n) is 4.91. The molecule has 2 aromatic rings. The molecule has 0 bridgehead atoms. The maximum absolute atomic E-state index is 12.5. The van der Waals surface area contributed by atoms with Crippen molar-refractivity contribution in [1.29, 1.82) is 0 Å². The zero-order valence-electron chi connectivity index (χ0n) is 18.6. The summed E-state index contributed by atoms with van der Waals surface area (Å²) < 4.78 is 10.2. The first kappa shape index (κ1) is 22.6. The van der Waals surface area contributed by atoms with Crippen molar-refractivity contribution in [3.8, 4) is 0 Å². The predicted octanol–water partition coefficient (Wildman–Crippen LogP) is 5.48. The fourth-order valence-electron chi connectivity index (χ4n) is 3.50. The zero-order valence-corrected chi connectivity index (χ0v) is 18.6. The van der Waals surface area contributed by atoms with Gasteiger partial charge in [-0.15, -0.1) is 0 Å². The molecule has 164 valence electrons. The Labute approximate surface area is 184 Å². The van der Waals surface area contributed by atoms with Crippen molar-refractivity contribution in [3.63, 3.8) is 0 Å². The van der Waals surface area contributed by atoms with Gasteiger partial charge in [-0.05, 0) is 56.0 Å². The van der Waals surface area contributed by atoms with E-state index in [9.17, 15) is 9.59 Å². The third kappa shape index (κ3) is 6.18. The molecule has 0 saturated heterocycles. The zero-order chi connectivity index (χ0) is 22.4. The number of carbonyl (C=O) groups excluding carboxylic acids is 2. The lowest BCUT2D eigenvalue weighted by Crippen LogP contribution is -2.41. The van der Waals surface area contributed by atoms with Crippen LogP contribution in [0.1, 0.15) is 38.3 Å². The van der Waals surface area contributed by atoms with Gasteiger partial charge in [0, 0.05) is 19.6 Å². The van der Waals surface area contributed by atoms with Crippen LogP contribution in [-0.2, 0) is 16.0 Å². The van der Waals surface area contributed by atoms with Crippen LogP contribution in [0.4, 0.5) is 15.3 Å². The molecule has 0 spiro atoms. The van der Waals surface area contributed by atoms with E-state index in [-0.39, 0.29) is 0 Å². The number of imide groups is 1. The largest absolute Gasteiger partial charge is 0.452 e. The summed E-state index contributed by atoms with van der Waals surface area (Å²) in [4.78, 5) is 28.1. The van der Waals surface area contributed by atoms with Gasteiger partial charge in [0.25, 0.3) is 0 Å². The Kier molecular flexibility index (Phi) is 7.13. The summed E-state index contributed by atoms with van der Waals surface area (Å²) in [5.74, 6) is 0. The molecule has 1 aliphatic heterocycles. The van der Waals surface area contributed by atoms with Crippen LogP contribution in [-0.4, -0.2) is 42.9 Å². The molecule has 2 amide bonds. The second kappa shape index (κ2) is 9.79. The Morgan fingerprint density at radius 1 is 1.00 bits per heavy atom. The molecule has 0 aromatic heterocycles. The second-order valence-electron chi connectivity index (χ2n) is 8.55. The van der Waals surface area contributed by atoms with E-state index in [0.29, 0.717) is 5.69 Å². The molecule has 0 radical (unpaired) electrons. The van der Waals surface area contributed by atoms with Crippen molar-refractivity contribution in [3.05, 3.63) is 71.8 Å². The molecular weight excluding hydrogens is 392 g/mol. The summed E-state index contributed by atoms with van der Waals surface area (Å²) in [5.41, 5.74) is 3.28. The Morgan fingerprint density at radius 2 is 1.68 bits per heavy atom. The molecule has 0 atom stereocenters. The van der Waals surface area contributed by atoms with Crippen molar-refractivity contribution in [2.75, 3.05) is 25.1 Å². The van der Waals surface area contributed by atoms with Gasteiger partial charge in [-0.2, -0.15) is 4.90 Å². The van der Waals surface area contributed by atoms with Gasteiger partial charge in [0.15, 0.2) is 0 Å². The van der Waals surface area contributed by atoms with E-state index in [1.165, 1.54) is 18.2 Å². The second-order valence-corrected chi connectivity index (χ2v) is 8.55. The molecule has 0 saturated carbocycles. The van der Waals surface area contributed by atoms with Crippen LogP contribution in [0.15, 0.2) is 60.7 Å². The molecule has 6 nitrogen and oxygen atoms in total. The van der Waals surface area contributed by atoms with Crippen molar-refractivity contribution in [1.82, 2.24) is 4.90 Å². The van der Waals surface area contributed by atoms with Crippen molar-refractivity contribution >= 4 is 23.4 Å². The lowest BCUT2D eigenvalue weighted by molar-refractivity contribution is 0.0575. The summed E-state index contributed by atoms with van der Waals surface area (Å²) in [6, 6.07) is 17.8. The fourth-order valence-corrected chi connectivity index (χ4v) is 3.50. The molecular formula is C25H30N2O4. The van der Waals surface area contributed by atoms with Crippen LogP contribution in [0.2, 0.25) is 0 Å². The summed E-state index contributed by atoms with van der Waals surface area (Å²) >= 11 is 0. The first-order chi connectivity index (χ1) is 14.8. The molecule has 1 aliphatic rings. The summed E-state index contributed by atoms with van der Waals surface area (Å²) in [7, 11) is 1.24. The molecule has 1 heterocycles. The highest BCUT2D eigenvalue weighted by atomic mass is 16.6. The Bertz CT molecular complexity index is 930. The number of carbonyl (C=O) groups is 2. The highest BCUT2D eigenvalue weighted by Gasteiger charge is 2.29. The van der Waals surface area contributed by atoms with Crippen LogP contribution >= 0.6 is 0 Å². The van der Waals surface area contributed by atoms with Crippen molar-refractivity contribution < 1.29 is 19.1 Å². The van der Waals surface area contributed by atoms with Gasteiger partial charge < -0.3 is 9.47 Å². The standard InChI is InChI=1S/C25H30N2O4/c1-25(2,3)31-24(29)27(23(28)30-4)22-14-12-20(13-15-22)21-11-8-16-26(18-21)17-19-9-6-5-7-10-19/h5-7,9-15H,8,16-18H2,1-4H3. The van der Waals surface area contributed by atoms with E-state index >= 15 is 0 Å². The number of methoxy groups -OCH3 is 1. The van der Waals surface area contributed by atoms with E-state index < -0.39 is 17.8 Å². The van der Waals surface area contributed by atoms with E-state index in [0.717, 1.165) is 36.5 Å². The van der Waals surface area contributed by atoms with E-state index in [1.54, 1.807) is 32.9 Å². The maximum atomic E-state index is 12.5. The van der Waals surface area contributed by atoms with Crippen LogP contribution in [0.25, 0.3) is 5.57 Å². The Morgan fingerprint density at radius 3 is 2.29 bits per heavy atom. The van der Waals surface area contributed by atoms with Crippen LogP contribution in [0.3, 0.4) is 0 Å². The Hall–Kier alpha value is -3.12. The minimum absolute atomic E-state index is 0.405. The number of anilines is 1. The monoisotopic (exact) mass is 422 g/mol. The smallest absolute Gasteiger partial charge is 0.424 e. The molecule has 0 N–H and O–H groups in total. The van der Waals surface area contributed by atoms with Gasteiger partial charge >= 0.3 is 12.2 Å². The Balaban J connectivity index is 1.74. The lowest BCUT2D eigenvalue weighted by atomic mass is 10.00. The van der Waals surface area contributed by atoms with Gasteiger partial charge in [-0.3, -0.25) is 4.90 Å². The lowest BCUT2D eigenvalue weighted by Gasteiger charge is -2.28. The van der Waals surface area contributed by atoms with E-state index in [4.69, 9.17) is 9.47 Å². The summed E-state index contributed by atoms with van der Waals surface area (Å²) in [6.45, 7) is 8.03. The first-order valence-electron chi connectivity index (χ1n) is 10.4. The molecule has 31 heavy (non-hydrogen) atoms. The predicted molar refractivity (Wildman–Crippen MR) is 122 cm³/mol. The average molecular weight is 423 g/mol. The molecule has 0 unspecified atom stereocenters. The number of hydrogen-bond acceptors (Lipinski definition) is 5. The summed E-state index contributed by atoms with van der Waals surface area (Å²) in [5, 5.41) is 0. The number of nitrogens with zero attached hydrogens (tertiary/aromatic N) is 2. The summed E-state index contributed by atoms with van der Waals surface area (Å²) in [6.07, 6.45) is 1.68. The number of ether oxygens (including phenoxy) is 2. The van der Waals surface area contributed by atoms with Gasteiger partial charge in [-0.25, -0.2) is 9.59 Å². The maximum Gasteiger partial charge on any atom is 0.424 e. The molecule has 2 aromatic carbocycles. The molecule has 6 heteroatoms. The van der Waals surface area contributed by atoms with Gasteiger partial charge in [0.05, 0.1) is 12.8 Å². The highest BCUT2D eigenvalue weighted by molar-refractivity contribution is 6.09. The number of amides is 2. The minimum Gasteiger partial charge on any atom is -0.452 e. The van der Waals surface area contributed by atoms with Crippen LogP contribution in [0, 0.1) is 0 Å². The number of benzene rings is 2. The normalized spacial score (nSPS) is 14.5. The molecule has 0 fully saturated rings. The molecule has 3 rings (SSSR count). The van der Waals surface area contributed by atoms with Crippen molar-refractivity contribution in [2.45, 2.75) is 39.3 Å². The fraction of sp³-hybridized carbons (Fsp3) is 0.360. The quantitative estimate of drug-likeness (QED) is 0.653. The SMILES string of the molecule is COC(=O)N(C(=O)OC(C)(C)C)c1ccc(C2=CCCN(Cc3ccccc3)C2)cc1. The molecule has 0 aliphatic carbocycles. The minimum atomic E-state index is -0.784. The van der Waals surface area contributed by atoms with Crippen LogP contribution < -0.4 is 4.90 Å². The van der Waals surface area contributed by atoms with E-state index in [1.807, 2.05) is 18.2 Å². The topological polar surface area (TPSA) is 59.1 Å². The highest BCUT2D eigenvalue weighted by Crippen LogP contribution is 2.26. The van der Waals surface area contributed by atoms with E-state index in [2.05, 4.69) is 35.2 Å². The number of hydrogen-bond donors (Lipinski definition) is 0. The van der Waals surface area contributed by atoms with Gasteiger partial charge in [0.1, 0.15) is 5.60 Å². The van der Waals surface area contributed by atoms with Gasteiger partial charge in [-0.1, -0.05) is 48.5 Å². The average Bonchev–Trinajstić information content (AvgIpc) is 2.74. The third-order valence-corrected chi connectivity index (χ3v) is 4.91. The first-order valence-corrected chi connectivity index (χ1v) is 10.4. The van der Waals surface area contributed by atoms with Crippen LogP contribution in [0.5, 0.6) is 0 Å². The van der Waals surface area contributed by atoms with Crippen molar-refractivity contribution in [2.24, 2.45) is 0 Å². The van der Waals surface area contributed by atoms with Gasteiger partial charge in [0.2, 0.25) is 0 Å². The number of rotatable bonds is 4.